The third-order valence-electron chi connectivity index (χ3n) is 4.03. The monoisotopic (exact) mass is 393 g/mol. The number of alkyl halides is 3. The van der Waals surface area contributed by atoms with Crippen molar-refractivity contribution in [2.75, 3.05) is 6.61 Å². The molecule has 0 fully saturated rings. The average molecular weight is 393 g/mol. The maximum atomic E-state index is 12.7. The molecule has 3 aromatic rings. The number of halogens is 3. The van der Waals surface area contributed by atoms with Crippen molar-refractivity contribution in [2.45, 2.75) is 30.3 Å². The molecule has 0 amide bonds. The number of ether oxygens (including phenoxy) is 1. The van der Waals surface area contributed by atoms with Crippen LogP contribution in [-0.4, -0.2) is 17.1 Å². The van der Waals surface area contributed by atoms with Crippen LogP contribution in [0.2, 0.25) is 0 Å². The van der Waals surface area contributed by atoms with Gasteiger partial charge in [0.15, 0.2) is 0 Å². The lowest BCUT2D eigenvalue weighted by atomic mass is 10.1. The standard InChI is InChI=1S/C20H18F3NO2S/c1-2-26-19(25)12-24-11-18(16-5-3-4-6-17(16)24)27-13-14-7-9-15(10-8-14)20(21,22)23/h3-11H,2,12-13H2,1H3. The number of carbonyl (C=O) groups is 1. The van der Waals surface area contributed by atoms with Gasteiger partial charge < -0.3 is 9.30 Å². The van der Waals surface area contributed by atoms with E-state index in [4.69, 9.17) is 4.74 Å². The number of rotatable bonds is 6. The Labute approximate surface area is 159 Å². The SMILES string of the molecule is CCOC(=O)Cn1cc(SCc2ccc(C(F)(F)F)cc2)c2ccccc21. The fraction of sp³-hybridized carbons (Fsp3) is 0.250. The Bertz CT molecular complexity index is 933. The molecule has 142 valence electrons. The Morgan fingerprint density at radius 2 is 1.81 bits per heavy atom. The van der Waals surface area contributed by atoms with Crippen LogP contribution in [0.25, 0.3) is 10.9 Å². The van der Waals surface area contributed by atoms with Crippen LogP contribution in [0.1, 0.15) is 18.1 Å². The fourth-order valence-electron chi connectivity index (χ4n) is 2.76. The van der Waals surface area contributed by atoms with Gasteiger partial charge in [0.1, 0.15) is 6.54 Å². The highest BCUT2D eigenvalue weighted by atomic mass is 32.2. The van der Waals surface area contributed by atoms with E-state index in [1.165, 1.54) is 23.9 Å². The molecular formula is C20H18F3NO2S. The summed E-state index contributed by atoms with van der Waals surface area (Å²) in [5, 5.41) is 0.999. The molecule has 7 heteroatoms. The van der Waals surface area contributed by atoms with E-state index in [9.17, 15) is 18.0 Å². The molecule has 3 nitrogen and oxygen atoms in total. The second-order valence-corrected chi connectivity index (χ2v) is 6.94. The van der Waals surface area contributed by atoms with Crippen molar-refractivity contribution in [2.24, 2.45) is 0 Å². The van der Waals surface area contributed by atoms with E-state index in [2.05, 4.69) is 0 Å². The number of fused-ring (bicyclic) bond motifs is 1. The lowest BCUT2D eigenvalue weighted by Gasteiger charge is -2.07. The molecule has 0 radical (unpaired) electrons. The van der Waals surface area contributed by atoms with Crippen LogP contribution in [0.3, 0.4) is 0 Å². The third-order valence-corrected chi connectivity index (χ3v) is 5.15. The van der Waals surface area contributed by atoms with Crippen LogP contribution in [-0.2, 0) is 28.0 Å². The normalized spacial score (nSPS) is 11.7. The summed E-state index contributed by atoms with van der Waals surface area (Å²) in [7, 11) is 0. The largest absolute Gasteiger partial charge is 0.465 e. The lowest BCUT2D eigenvalue weighted by molar-refractivity contribution is -0.143. The highest BCUT2D eigenvalue weighted by molar-refractivity contribution is 7.98. The van der Waals surface area contributed by atoms with E-state index in [0.29, 0.717) is 12.4 Å². The van der Waals surface area contributed by atoms with Crippen LogP contribution in [0, 0.1) is 0 Å². The van der Waals surface area contributed by atoms with Gasteiger partial charge in [-0.2, -0.15) is 13.2 Å². The molecule has 1 aromatic heterocycles. The summed E-state index contributed by atoms with van der Waals surface area (Å²) in [6.45, 7) is 2.21. The van der Waals surface area contributed by atoms with Crippen molar-refractivity contribution in [3.63, 3.8) is 0 Å². The zero-order chi connectivity index (χ0) is 19.4. The predicted molar refractivity (Wildman–Crippen MR) is 99.6 cm³/mol. The summed E-state index contributed by atoms with van der Waals surface area (Å²) in [6, 6.07) is 12.9. The number of hydrogen-bond donors (Lipinski definition) is 0. The molecule has 0 spiro atoms. The van der Waals surface area contributed by atoms with Gasteiger partial charge in [-0.05, 0) is 30.7 Å². The number of nitrogens with zero attached hydrogens (tertiary/aromatic N) is 1. The number of carbonyl (C=O) groups excluding carboxylic acids is 1. The Morgan fingerprint density at radius 3 is 2.48 bits per heavy atom. The zero-order valence-electron chi connectivity index (χ0n) is 14.6. The first-order valence-corrected chi connectivity index (χ1v) is 9.39. The molecule has 0 N–H and O–H groups in total. The van der Waals surface area contributed by atoms with Gasteiger partial charge in [-0.3, -0.25) is 4.79 Å². The Morgan fingerprint density at radius 1 is 1.11 bits per heavy atom. The van der Waals surface area contributed by atoms with Gasteiger partial charge in [-0.1, -0.05) is 30.3 Å². The van der Waals surface area contributed by atoms with Crippen LogP contribution in [0.5, 0.6) is 0 Å². The predicted octanol–water partition coefficient (Wildman–Crippen LogP) is 5.52. The molecular weight excluding hydrogens is 375 g/mol. The summed E-state index contributed by atoms with van der Waals surface area (Å²) in [5.41, 5.74) is 1.07. The molecule has 0 bridgehead atoms. The summed E-state index contributed by atoms with van der Waals surface area (Å²) < 4.78 is 44.8. The van der Waals surface area contributed by atoms with Crippen molar-refractivity contribution in [1.29, 1.82) is 0 Å². The van der Waals surface area contributed by atoms with Crippen LogP contribution < -0.4 is 0 Å². The molecule has 0 unspecified atom stereocenters. The molecule has 0 aliphatic heterocycles. The maximum Gasteiger partial charge on any atom is 0.416 e. The van der Waals surface area contributed by atoms with E-state index in [1.807, 2.05) is 35.0 Å². The highest BCUT2D eigenvalue weighted by Crippen LogP contribution is 2.33. The van der Waals surface area contributed by atoms with Crippen molar-refractivity contribution >= 4 is 28.6 Å². The minimum Gasteiger partial charge on any atom is -0.465 e. The number of para-hydroxylation sites is 1. The number of benzene rings is 2. The van der Waals surface area contributed by atoms with E-state index >= 15 is 0 Å². The van der Waals surface area contributed by atoms with Crippen molar-refractivity contribution in [1.82, 2.24) is 4.57 Å². The highest BCUT2D eigenvalue weighted by Gasteiger charge is 2.29. The number of esters is 1. The van der Waals surface area contributed by atoms with Gasteiger partial charge in [-0.25, -0.2) is 0 Å². The second kappa shape index (κ2) is 8.08. The molecule has 1 heterocycles. The van der Waals surface area contributed by atoms with Gasteiger partial charge in [-0.15, -0.1) is 11.8 Å². The lowest BCUT2D eigenvalue weighted by Crippen LogP contribution is -2.12. The molecule has 0 aliphatic rings. The average Bonchev–Trinajstić information content (AvgIpc) is 2.98. The van der Waals surface area contributed by atoms with Gasteiger partial charge in [0.05, 0.1) is 12.2 Å². The van der Waals surface area contributed by atoms with Crippen molar-refractivity contribution in [3.05, 3.63) is 65.9 Å². The molecule has 0 aliphatic carbocycles. The molecule has 0 atom stereocenters. The van der Waals surface area contributed by atoms with Crippen LogP contribution in [0.4, 0.5) is 13.2 Å². The summed E-state index contributed by atoms with van der Waals surface area (Å²) in [6.07, 6.45) is -2.44. The fourth-order valence-corrected chi connectivity index (χ4v) is 3.80. The molecule has 2 aromatic carbocycles. The van der Waals surface area contributed by atoms with Crippen LogP contribution in [0.15, 0.2) is 59.6 Å². The smallest absolute Gasteiger partial charge is 0.416 e. The first-order valence-electron chi connectivity index (χ1n) is 8.41. The van der Waals surface area contributed by atoms with E-state index in [1.54, 1.807) is 6.92 Å². The maximum absolute atomic E-state index is 12.7. The van der Waals surface area contributed by atoms with Gasteiger partial charge in [0, 0.05) is 27.7 Å². The minimum atomic E-state index is -4.33. The number of hydrogen-bond acceptors (Lipinski definition) is 3. The first-order chi connectivity index (χ1) is 12.9. The number of thioether (sulfide) groups is 1. The third kappa shape index (κ3) is 4.66. The van der Waals surface area contributed by atoms with Gasteiger partial charge in [0.25, 0.3) is 0 Å². The summed E-state index contributed by atoms with van der Waals surface area (Å²) in [5.74, 6) is 0.225. The molecule has 27 heavy (non-hydrogen) atoms. The van der Waals surface area contributed by atoms with Gasteiger partial charge in [0.2, 0.25) is 0 Å². The van der Waals surface area contributed by atoms with E-state index in [0.717, 1.165) is 33.5 Å². The quantitative estimate of drug-likeness (QED) is 0.408. The van der Waals surface area contributed by atoms with Crippen LogP contribution >= 0.6 is 11.8 Å². The molecule has 3 rings (SSSR count). The van der Waals surface area contributed by atoms with Crippen molar-refractivity contribution < 1.29 is 22.7 Å². The zero-order valence-corrected chi connectivity index (χ0v) is 15.4. The molecule has 0 saturated carbocycles. The number of aromatic nitrogens is 1. The van der Waals surface area contributed by atoms with E-state index < -0.39 is 11.7 Å². The minimum absolute atomic E-state index is 0.120. The van der Waals surface area contributed by atoms with Gasteiger partial charge >= 0.3 is 12.1 Å². The summed E-state index contributed by atoms with van der Waals surface area (Å²) >= 11 is 1.52. The molecule has 0 saturated heterocycles. The Kier molecular flexibility index (Phi) is 5.79. The van der Waals surface area contributed by atoms with Crippen molar-refractivity contribution in [3.8, 4) is 0 Å². The summed E-state index contributed by atoms with van der Waals surface area (Å²) in [4.78, 5) is 12.8. The second-order valence-electron chi connectivity index (χ2n) is 5.93. The Hall–Kier alpha value is -2.41. The van der Waals surface area contributed by atoms with E-state index in [-0.39, 0.29) is 12.5 Å². The Balaban J connectivity index is 1.78. The topological polar surface area (TPSA) is 31.2 Å². The first kappa shape index (κ1) is 19.4.